The molecule has 0 radical (unpaired) electrons. The Balaban J connectivity index is 1.80. The maximum Gasteiger partial charge on any atom is 0.274 e. The number of likely N-dealkylation sites (N-methyl/N-ethyl adjacent to an activating group) is 1. The largest absolute Gasteiger partial charge is 0.334 e. The summed E-state index contributed by atoms with van der Waals surface area (Å²) in [5.41, 5.74) is 1.53. The van der Waals surface area contributed by atoms with Gasteiger partial charge in [0, 0.05) is 48.5 Å². The highest BCUT2D eigenvalue weighted by atomic mass is 79.9. The topological polar surface area (TPSA) is 65.9 Å². The zero-order valence-electron chi connectivity index (χ0n) is 11.4. The molecule has 0 spiro atoms. The van der Waals surface area contributed by atoms with E-state index in [9.17, 15) is 4.79 Å². The van der Waals surface area contributed by atoms with Crippen LogP contribution in [-0.2, 0) is 7.05 Å². The Labute approximate surface area is 124 Å². The third-order valence-electron chi connectivity index (χ3n) is 3.51. The van der Waals surface area contributed by atoms with Gasteiger partial charge in [0.05, 0.1) is 0 Å². The molecule has 6 nitrogen and oxygen atoms in total. The minimum atomic E-state index is -0.0823. The number of likely N-dealkylation sites (tertiary alicyclic amines) is 1. The van der Waals surface area contributed by atoms with Crippen molar-refractivity contribution in [2.24, 2.45) is 7.05 Å². The highest BCUT2D eigenvalue weighted by Crippen LogP contribution is 2.26. The molecule has 0 aliphatic carbocycles. The number of halogens is 1. The number of aromatic amines is 1. The molecule has 2 aromatic heterocycles. The van der Waals surface area contributed by atoms with Crippen molar-refractivity contribution in [2.45, 2.75) is 5.92 Å². The van der Waals surface area contributed by atoms with Crippen LogP contribution in [0.3, 0.4) is 0 Å². The maximum atomic E-state index is 12.0. The maximum absolute atomic E-state index is 12.0. The van der Waals surface area contributed by atoms with E-state index in [0.717, 1.165) is 23.3 Å². The Hall–Kier alpha value is -1.60. The second kappa shape index (κ2) is 5.06. The summed E-state index contributed by atoms with van der Waals surface area (Å²) in [6, 6.07) is 3.73. The number of H-pyrrole nitrogens is 1. The zero-order valence-corrected chi connectivity index (χ0v) is 12.9. The fraction of sp³-hybridized carbons (Fsp3) is 0.385. The van der Waals surface area contributed by atoms with Crippen molar-refractivity contribution in [1.82, 2.24) is 19.7 Å². The van der Waals surface area contributed by atoms with Gasteiger partial charge in [0.15, 0.2) is 5.82 Å². The van der Waals surface area contributed by atoms with E-state index in [-0.39, 0.29) is 5.56 Å². The molecule has 3 heterocycles. The minimum Gasteiger partial charge on any atom is -0.334 e. The number of nitrogens with one attached hydrogen (secondary N) is 2. The summed E-state index contributed by atoms with van der Waals surface area (Å²) < 4.78 is 2.37. The van der Waals surface area contributed by atoms with Crippen LogP contribution in [0.25, 0.3) is 0 Å². The number of anilines is 2. The Morgan fingerprint density at radius 2 is 2.15 bits per heavy atom. The lowest BCUT2D eigenvalue weighted by molar-refractivity contribution is 0.186. The van der Waals surface area contributed by atoms with Crippen molar-refractivity contribution in [3.63, 3.8) is 0 Å². The molecule has 3 rings (SSSR count). The predicted octanol–water partition coefficient (Wildman–Crippen LogP) is 1.64. The van der Waals surface area contributed by atoms with Crippen molar-refractivity contribution in [1.29, 1.82) is 0 Å². The number of rotatable bonds is 3. The molecule has 0 aromatic carbocycles. The molecule has 0 atom stereocenters. The molecule has 1 aliphatic rings. The van der Waals surface area contributed by atoms with Crippen LogP contribution in [0.5, 0.6) is 0 Å². The third-order valence-corrected chi connectivity index (χ3v) is 3.95. The van der Waals surface area contributed by atoms with Gasteiger partial charge < -0.3 is 14.8 Å². The molecular weight excluding hydrogens is 322 g/mol. The molecule has 0 unspecified atom stereocenters. The average Bonchev–Trinajstić information content (AvgIpc) is 2.79. The molecule has 0 saturated carbocycles. The lowest BCUT2D eigenvalue weighted by atomic mass is 9.97. The van der Waals surface area contributed by atoms with Gasteiger partial charge in [0.1, 0.15) is 5.69 Å². The molecule has 1 saturated heterocycles. The van der Waals surface area contributed by atoms with Gasteiger partial charge in [-0.15, -0.1) is 0 Å². The molecular formula is C13H16BrN5O. The fourth-order valence-electron chi connectivity index (χ4n) is 2.40. The second-order valence-corrected chi connectivity index (χ2v) is 6.16. The van der Waals surface area contributed by atoms with E-state index in [0.29, 0.717) is 17.4 Å². The van der Waals surface area contributed by atoms with Crippen molar-refractivity contribution in [2.75, 3.05) is 25.5 Å². The summed E-state index contributed by atoms with van der Waals surface area (Å²) in [5.74, 6) is 1.18. The minimum absolute atomic E-state index is 0.0823. The normalized spacial score (nSPS) is 16.1. The summed E-state index contributed by atoms with van der Waals surface area (Å²) in [4.78, 5) is 14.3. The van der Waals surface area contributed by atoms with Gasteiger partial charge in [-0.3, -0.25) is 9.89 Å². The van der Waals surface area contributed by atoms with Crippen LogP contribution in [0.15, 0.2) is 27.6 Å². The molecule has 106 valence electrons. The third kappa shape index (κ3) is 2.51. The molecule has 0 amide bonds. The standard InChI is InChI=1S/C13H16BrN5O/c1-18-5-8(6-18)10-4-12(17-16-10)15-11-3-9(14)7-19(2)13(11)20/h3-4,7-8H,5-6H2,1-2H3,(H2,15,16,17). The number of pyridine rings is 1. The Kier molecular flexibility index (Phi) is 3.39. The lowest BCUT2D eigenvalue weighted by Gasteiger charge is -2.35. The monoisotopic (exact) mass is 337 g/mol. The molecule has 2 N–H and O–H groups in total. The number of aromatic nitrogens is 3. The first-order valence-corrected chi connectivity index (χ1v) is 7.19. The van der Waals surface area contributed by atoms with Crippen molar-refractivity contribution in [3.05, 3.63) is 38.9 Å². The molecule has 2 aromatic rings. The van der Waals surface area contributed by atoms with Crippen LogP contribution in [-0.4, -0.2) is 39.8 Å². The quantitative estimate of drug-likeness (QED) is 0.893. The first kappa shape index (κ1) is 13.4. The van der Waals surface area contributed by atoms with Gasteiger partial charge in [-0.05, 0) is 29.0 Å². The molecule has 1 fully saturated rings. The van der Waals surface area contributed by atoms with Crippen LogP contribution in [0.1, 0.15) is 11.6 Å². The van der Waals surface area contributed by atoms with E-state index in [1.165, 1.54) is 4.57 Å². The van der Waals surface area contributed by atoms with Gasteiger partial charge in [-0.2, -0.15) is 5.10 Å². The van der Waals surface area contributed by atoms with E-state index in [1.807, 2.05) is 6.07 Å². The zero-order chi connectivity index (χ0) is 14.3. The Bertz CT molecular complexity index is 686. The van der Waals surface area contributed by atoms with Crippen molar-refractivity contribution < 1.29 is 0 Å². The number of nitrogens with zero attached hydrogens (tertiary/aromatic N) is 3. The first-order chi connectivity index (χ1) is 9.52. The number of aryl methyl sites for hydroxylation is 1. The van der Waals surface area contributed by atoms with Gasteiger partial charge in [-0.1, -0.05) is 0 Å². The molecule has 0 bridgehead atoms. The summed E-state index contributed by atoms with van der Waals surface area (Å²) in [6.07, 6.45) is 1.73. The highest BCUT2D eigenvalue weighted by Gasteiger charge is 2.26. The van der Waals surface area contributed by atoms with E-state index in [4.69, 9.17) is 0 Å². The van der Waals surface area contributed by atoms with Gasteiger partial charge in [0.25, 0.3) is 5.56 Å². The SMILES string of the molecule is CN1CC(c2cc(Nc3cc(Br)cn(C)c3=O)n[nH]2)C1. The molecule has 7 heteroatoms. The number of hydrogen-bond acceptors (Lipinski definition) is 4. The predicted molar refractivity (Wildman–Crippen MR) is 81.5 cm³/mol. The van der Waals surface area contributed by atoms with Gasteiger partial charge in [-0.25, -0.2) is 0 Å². The molecule has 20 heavy (non-hydrogen) atoms. The van der Waals surface area contributed by atoms with Crippen LogP contribution < -0.4 is 10.9 Å². The summed E-state index contributed by atoms with van der Waals surface area (Å²) in [5, 5.41) is 10.3. The van der Waals surface area contributed by atoms with Crippen molar-refractivity contribution >= 4 is 27.4 Å². The van der Waals surface area contributed by atoms with E-state index >= 15 is 0 Å². The Morgan fingerprint density at radius 3 is 2.85 bits per heavy atom. The fourth-order valence-corrected chi connectivity index (χ4v) is 2.94. The highest BCUT2D eigenvalue weighted by molar-refractivity contribution is 9.10. The van der Waals surface area contributed by atoms with Gasteiger partial charge >= 0.3 is 0 Å². The molecule has 1 aliphatic heterocycles. The van der Waals surface area contributed by atoms with Crippen molar-refractivity contribution in [3.8, 4) is 0 Å². The van der Waals surface area contributed by atoms with Crippen LogP contribution >= 0.6 is 15.9 Å². The lowest BCUT2D eigenvalue weighted by Crippen LogP contribution is -2.41. The number of hydrogen-bond donors (Lipinski definition) is 2. The van der Waals surface area contributed by atoms with E-state index in [2.05, 4.69) is 43.4 Å². The summed E-state index contributed by atoms with van der Waals surface area (Å²) >= 11 is 3.38. The van der Waals surface area contributed by atoms with Crippen LogP contribution in [0.2, 0.25) is 0 Å². The van der Waals surface area contributed by atoms with Crippen LogP contribution in [0, 0.1) is 0 Å². The Morgan fingerprint density at radius 1 is 1.40 bits per heavy atom. The first-order valence-electron chi connectivity index (χ1n) is 6.40. The second-order valence-electron chi connectivity index (χ2n) is 5.24. The average molecular weight is 338 g/mol. The van der Waals surface area contributed by atoms with Gasteiger partial charge in [0.2, 0.25) is 0 Å². The smallest absolute Gasteiger partial charge is 0.274 e. The summed E-state index contributed by atoms with van der Waals surface area (Å²) in [7, 11) is 3.82. The van der Waals surface area contributed by atoms with E-state index < -0.39 is 0 Å². The van der Waals surface area contributed by atoms with E-state index in [1.54, 1.807) is 19.3 Å². The van der Waals surface area contributed by atoms with Crippen LogP contribution in [0.4, 0.5) is 11.5 Å². The summed E-state index contributed by atoms with van der Waals surface area (Å²) in [6.45, 7) is 2.08.